The van der Waals surface area contributed by atoms with Crippen molar-refractivity contribution in [3.63, 3.8) is 0 Å². The molecule has 2 N–H and O–H groups in total. The summed E-state index contributed by atoms with van der Waals surface area (Å²) in [6.45, 7) is 10.4. The molecular formula is C16H26N2. The van der Waals surface area contributed by atoms with Gasteiger partial charge in [-0.3, -0.25) is 0 Å². The summed E-state index contributed by atoms with van der Waals surface area (Å²) in [6, 6.07) is 10.6. The highest BCUT2D eigenvalue weighted by atomic mass is 15.1. The maximum atomic E-state index is 6.06. The number of nitrogens with zero attached hydrogens (tertiary/aromatic N) is 1. The fraction of sp³-hybridized carbons (Fsp3) is 0.500. The molecule has 2 heteroatoms. The van der Waals surface area contributed by atoms with Crippen molar-refractivity contribution in [3.05, 3.63) is 42.5 Å². The van der Waals surface area contributed by atoms with E-state index in [2.05, 4.69) is 56.6 Å². The Kier molecular flexibility index (Phi) is 6.10. The van der Waals surface area contributed by atoms with E-state index in [1.54, 1.807) is 0 Å². The zero-order valence-corrected chi connectivity index (χ0v) is 11.9. The Labute approximate surface area is 111 Å². The first-order valence-corrected chi connectivity index (χ1v) is 6.68. The highest BCUT2D eigenvalue weighted by Crippen LogP contribution is 2.13. The molecule has 0 aliphatic carbocycles. The lowest BCUT2D eigenvalue weighted by Crippen LogP contribution is -2.32. The predicted molar refractivity (Wildman–Crippen MR) is 80.4 cm³/mol. The van der Waals surface area contributed by atoms with Crippen LogP contribution in [0.15, 0.2) is 36.9 Å². The van der Waals surface area contributed by atoms with E-state index in [-0.39, 0.29) is 6.04 Å². The van der Waals surface area contributed by atoms with Crippen LogP contribution in [0.25, 0.3) is 5.57 Å². The van der Waals surface area contributed by atoms with E-state index in [0.717, 1.165) is 25.1 Å². The van der Waals surface area contributed by atoms with Gasteiger partial charge in [-0.15, -0.1) is 0 Å². The Morgan fingerprint density at radius 3 is 2.44 bits per heavy atom. The van der Waals surface area contributed by atoms with Gasteiger partial charge in [-0.25, -0.2) is 0 Å². The maximum absolute atomic E-state index is 6.06. The number of nitrogens with two attached hydrogens (primary N) is 1. The lowest BCUT2D eigenvalue weighted by Gasteiger charge is -2.22. The molecule has 1 unspecified atom stereocenters. The standard InChI is InChI=1S/C16H26N2/c1-13(2)16(17)10-11-18(4)12-14(3)15-8-6-5-7-9-15/h5-9,13,16H,3,10-12,17H2,1-2,4H3. The first-order valence-electron chi connectivity index (χ1n) is 6.68. The second-order valence-corrected chi connectivity index (χ2v) is 5.40. The van der Waals surface area contributed by atoms with Crippen molar-refractivity contribution in [1.82, 2.24) is 4.90 Å². The average molecular weight is 246 g/mol. The Morgan fingerprint density at radius 1 is 1.28 bits per heavy atom. The van der Waals surface area contributed by atoms with Crippen molar-refractivity contribution in [1.29, 1.82) is 0 Å². The molecule has 1 rings (SSSR count). The summed E-state index contributed by atoms with van der Waals surface area (Å²) < 4.78 is 0. The van der Waals surface area contributed by atoms with Crippen molar-refractivity contribution >= 4 is 5.57 Å². The lowest BCUT2D eigenvalue weighted by atomic mass is 10.0. The minimum absolute atomic E-state index is 0.289. The van der Waals surface area contributed by atoms with E-state index in [1.165, 1.54) is 5.56 Å². The van der Waals surface area contributed by atoms with Gasteiger partial charge in [0.2, 0.25) is 0 Å². The van der Waals surface area contributed by atoms with Gasteiger partial charge < -0.3 is 10.6 Å². The summed E-state index contributed by atoms with van der Waals surface area (Å²) in [5.74, 6) is 0.552. The molecule has 18 heavy (non-hydrogen) atoms. The SMILES string of the molecule is C=C(CN(C)CCC(N)C(C)C)c1ccccc1. The number of hydrogen-bond acceptors (Lipinski definition) is 2. The van der Waals surface area contributed by atoms with Gasteiger partial charge in [-0.05, 0) is 37.1 Å². The first-order chi connectivity index (χ1) is 8.50. The van der Waals surface area contributed by atoms with E-state index >= 15 is 0 Å². The molecule has 1 aromatic carbocycles. The van der Waals surface area contributed by atoms with Crippen LogP contribution in [0.2, 0.25) is 0 Å². The highest BCUT2D eigenvalue weighted by molar-refractivity contribution is 5.64. The Bertz CT molecular complexity index is 357. The van der Waals surface area contributed by atoms with E-state index in [9.17, 15) is 0 Å². The van der Waals surface area contributed by atoms with Crippen molar-refractivity contribution in [2.75, 3.05) is 20.1 Å². The number of rotatable bonds is 7. The van der Waals surface area contributed by atoms with Crippen LogP contribution in [0.4, 0.5) is 0 Å². The van der Waals surface area contributed by atoms with Crippen molar-refractivity contribution < 1.29 is 0 Å². The van der Waals surface area contributed by atoms with Gasteiger partial charge in [-0.2, -0.15) is 0 Å². The number of benzene rings is 1. The zero-order valence-electron chi connectivity index (χ0n) is 11.9. The molecule has 0 saturated carbocycles. The molecule has 0 fully saturated rings. The van der Waals surface area contributed by atoms with E-state index in [1.807, 2.05) is 6.07 Å². The highest BCUT2D eigenvalue weighted by Gasteiger charge is 2.09. The minimum Gasteiger partial charge on any atom is -0.327 e. The predicted octanol–water partition coefficient (Wildman–Crippen LogP) is 3.01. The van der Waals surface area contributed by atoms with Gasteiger partial charge in [0, 0.05) is 12.6 Å². The van der Waals surface area contributed by atoms with E-state index in [0.29, 0.717) is 5.92 Å². The van der Waals surface area contributed by atoms with Gasteiger partial charge in [0.1, 0.15) is 0 Å². The third-order valence-electron chi connectivity index (χ3n) is 3.34. The molecule has 0 spiro atoms. The van der Waals surface area contributed by atoms with Gasteiger partial charge >= 0.3 is 0 Å². The summed E-state index contributed by atoms with van der Waals surface area (Å²) in [4.78, 5) is 2.29. The van der Waals surface area contributed by atoms with E-state index < -0.39 is 0 Å². The Hall–Kier alpha value is -1.12. The second-order valence-electron chi connectivity index (χ2n) is 5.40. The summed E-state index contributed by atoms with van der Waals surface area (Å²) in [5, 5.41) is 0. The third-order valence-corrected chi connectivity index (χ3v) is 3.34. The molecule has 0 aliphatic heterocycles. The fourth-order valence-corrected chi connectivity index (χ4v) is 1.87. The van der Waals surface area contributed by atoms with Gasteiger partial charge in [0.05, 0.1) is 0 Å². The second kappa shape index (κ2) is 7.34. The average Bonchev–Trinajstić information content (AvgIpc) is 2.36. The largest absolute Gasteiger partial charge is 0.327 e. The van der Waals surface area contributed by atoms with Crippen LogP contribution in [-0.2, 0) is 0 Å². The molecule has 0 aromatic heterocycles. The molecule has 2 nitrogen and oxygen atoms in total. The van der Waals surface area contributed by atoms with Crippen molar-refractivity contribution in [3.8, 4) is 0 Å². The van der Waals surface area contributed by atoms with Crippen LogP contribution >= 0.6 is 0 Å². The minimum atomic E-state index is 0.289. The molecular weight excluding hydrogens is 220 g/mol. The van der Waals surface area contributed by atoms with E-state index in [4.69, 9.17) is 5.73 Å². The van der Waals surface area contributed by atoms with Crippen LogP contribution in [0, 0.1) is 5.92 Å². The lowest BCUT2D eigenvalue weighted by molar-refractivity contribution is 0.331. The smallest absolute Gasteiger partial charge is 0.0230 e. The molecule has 1 atom stereocenters. The van der Waals surface area contributed by atoms with Crippen molar-refractivity contribution in [2.45, 2.75) is 26.3 Å². The molecule has 0 radical (unpaired) electrons. The molecule has 100 valence electrons. The van der Waals surface area contributed by atoms with Crippen LogP contribution in [0.1, 0.15) is 25.8 Å². The van der Waals surface area contributed by atoms with Crippen LogP contribution < -0.4 is 5.73 Å². The zero-order chi connectivity index (χ0) is 13.5. The summed E-state index contributed by atoms with van der Waals surface area (Å²) in [5.41, 5.74) is 8.44. The van der Waals surface area contributed by atoms with Crippen molar-refractivity contribution in [2.24, 2.45) is 11.7 Å². The Balaban J connectivity index is 2.36. The molecule has 0 aliphatic rings. The van der Waals surface area contributed by atoms with Crippen LogP contribution in [0.5, 0.6) is 0 Å². The summed E-state index contributed by atoms with van der Waals surface area (Å²) in [6.07, 6.45) is 1.04. The topological polar surface area (TPSA) is 29.3 Å². The number of hydrogen-bond donors (Lipinski definition) is 1. The molecule has 0 heterocycles. The normalized spacial score (nSPS) is 13.0. The van der Waals surface area contributed by atoms with Crippen LogP contribution in [-0.4, -0.2) is 31.1 Å². The Morgan fingerprint density at radius 2 is 1.89 bits per heavy atom. The first kappa shape index (κ1) is 14.9. The maximum Gasteiger partial charge on any atom is 0.0230 e. The fourth-order valence-electron chi connectivity index (χ4n) is 1.87. The monoisotopic (exact) mass is 246 g/mol. The molecule has 0 bridgehead atoms. The summed E-state index contributed by atoms with van der Waals surface area (Å²) >= 11 is 0. The molecule has 1 aromatic rings. The summed E-state index contributed by atoms with van der Waals surface area (Å²) in [7, 11) is 2.13. The van der Waals surface area contributed by atoms with Gasteiger partial charge in [0.25, 0.3) is 0 Å². The number of likely N-dealkylation sites (N-methyl/N-ethyl adjacent to an activating group) is 1. The van der Waals surface area contributed by atoms with Crippen LogP contribution in [0.3, 0.4) is 0 Å². The third kappa shape index (κ3) is 5.03. The quantitative estimate of drug-likeness (QED) is 0.801. The van der Waals surface area contributed by atoms with Gasteiger partial charge in [0.15, 0.2) is 0 Å². The molecule has 0 saturated heterocycles. The molecule has 0 amide bonds. The van der Waals surface area contributed by atoms with Gasteiger partial charge in [-0.1, -0.05) is 50.8 Å².